The molecule has 0 radical (unpaired) electrons. The summed E-state index contributed by atoms with van der Waals surface area (Å²) in [5, 5.41) is 4.60. The minimum absolute atomic E-state index is 0.00835. The second-order valence-corrected chi connectivity index (χ2v) is 7.21. The molecule has 2 unspecified atom stereocenters. The van der Waals surface area contributed by atoms with Crippen molar-refractivity contribution >= 4 is 28.8 Å². The van der Waals surface area contributed by atoms with E-state index in [0.717, 1.165) is 21.2 Å². The predicted molar refractivity (Wildman–Crippen MR) is 87.5 cm³/mol. The number of thiazole rings is 1. The van der Waals surface area contributed by atoms with Gasteiger partial charge in [0.1, 0.15) is 17.4 Å². The van der Waals surface area contributed by atoms with Gasteiger partial charge in [-0.3, -0.25) is 4.79 Å². The summed E-state index contributed by atoms with van der Waals surface area (Å²) in [7, 11) is 0. The number of aromatic nitrogens is 1. The van der Waals surface area contributed by atoms with Crippen LogP contribution in [0, 0.1) is 12.8 Å². The molecule has 6 heteroatoms. The number of hydrogen-bond acceptors (Lipinski definition) is 4. The summed E-state index contributed by atoms with van der Waals surface area (Å²) in [6.45, 7) is 4.35. The first-order valence-corrected chi connectivity index (χ1v) is 8.36. The Hall–Kier alpha value is -1.59. The Morgan fingerprint density at radius 2 is 2.36 bits per heavy atom. The molecule has 0 saturated heterocycles. The average Bonchev–Trinajstić information content (AvgIpc) is 2.93. The highest BCUT2D eigenvalue weighted by Gasteiger charge is 2.27. The zero-order valence-corrected chi connectivity index (χ0v) is 14.0. The third kappa shape index (κ3) is 3.25. The molecule has 1 aromatic carbocycles. The lowest BCUT2D eigenvalue weighted by Gasteiger charge is -2.25. The third-order valence-electron chi connectivity index (χ3n) is 3.67. The van der Waals surface area contributed by atoms with Crippen molar-refractivity contribution in [2.75, 3.05) is 6.61 Å². The van der Waals surface area contributed by atoms with Crippen molar-refractivity contribution in [2.24, 2.45) is 5.92 Å². The lowest BCUT2D eigenvalue weighted by Crippen LogP contribution is -2.38. The van der Waals surface area contributed by atoms with E-state index in [0.29, 0.717) is 18.1 Å². The van der Waals surface area contributed by atoms with Gasteiger partial charge >= 0.3 is 0 Å². The molecule has 1 aliphatic heterocycles. The third-order valence-corrected chi connectivity index (χ3v) is 5.00. The first-order valence-electron chi connectivity index (χ1n) is 7.17. The zero-order chi connectivity index (χ0) is 15.7. The van der Waals surface area contributed by atoms with Gasteiger partial charge in [-0.25, -0.2) is 4.98 Å². The number of nitrogens with zero attached hydrogens (tertiary/aromatic N) is 1. The Balaban J connectivity index is 1.66. The topological polar surface area (TPSA) is 51.2 Å². The van der Waals surface area contributed by atoms with Crippen LogP contribution in [0.2, 0.25) is 5.02 Å². The number of rotatable bonds is 3. The van der Waals surface area contributed by atoms with E-state index in [4.69, 9.17) is 16.3 Å². The van der Waals surface area contributed by atoms with Crippen LogP contribution in [0.3, 0.4) is 0 Å². The Bertz CT molecular complexity index is 701. The lowest BCUT2D eigenvalue weighted by atomic mass is 9.96. The maximum absolute atomic E-state index is 12.4. The molecule has 22 heavy (non-hydrogen) atoms. The van der Waals surface area contributed by atoms with Gasteiger partial charge in [-0.1, -0.05) is 11.6 Å². The van der Waals surface area contributed by atoms with E-state index in [1.165, 1.54) is 0 Å². The highest BCUT2D eigenvalue weighted by atomic mass is 35.5. The van der Waals surface area contributed by atoms with Crippen molar-refractivity contribution in [3.05, 3.63) is 44.9 Å². The number of amides is 1. The molecule has 1 amide bonds. The number of benzene rings is 1. The Labute approximate surface area is 138 Å². The number of fused-ring (bicyclic) bond motifs is 1. The standard InChI is InChI=1S/C16H17ClN2O2S/c1-9-7-18-16(22-9)10(2)19-15(20)12-5-11-6-13(17)3-4-14(11)21-8-12/h3-4,6-7,10,12H,5,8H2,1-2H3,(H,19,20). The van der Waals surface area contributed by atoms with E-state index in [9.17, 15) is 4.79 Å². The predicted octanol–water partition coefficient (Wildman–Crippen LogP) is 3.53. The highest BCUT2D eigenvalue weighted by Crippen LogP contribution is 2.30. The first kappa shape index (κ1) is 15.3. The second-order valence-electron chi connectivity index (χ2n) is 5.50. The van der Waals surface area contributed by atoms with Gasteiger partial charge in [0.15, 0.2) is 0 Å². The molecule has 116 valence electrons. The molecule has 0 saturated carbocycles. The molecule has 1 aromatic heterocycles. The molecule has 0 aliphatic carbocycles. The van der Waals surface area contributed by atoms with Crippen molar-refractivity contribution in [1.29, 1.82) is 0 Å². The normalized spacial score (nSPS) is 18.2. The van der Waals surface area contributed by atoms with Gasteiger partial charge in [-0.2, -0.15) is 0 Å². The van der Waals surface area contributed by atoms with Crippen LogP contribution in [-0.2, 0) is 11.2 Å². The second kappa shape index (κ2) is 6.26. The monoisotopic (exact) mass is 336 g/mol. The summed E-state index contributed by atoms with van der Waals surface area (Å²) >= 11 is 7.61. The SMILES string of the molecule is Cc1cnc(C(C)NC(=O)C2COc3ccc(Cl)cc3C2)s1. The minimum atomic E-state index is -0.200. The number of nitrogens with one attached hydrogen (secondary N) is 1. The summed E-state index contributed by atoms with van der Waals surface area (Å²) in [5.74, 6) is 0.609. The van der Waals surface area contributed by atoms with E-state index in [-0.39, 0.29) is 17.9 Å². The van der Waals surface area contributed by atoms with Crippen LogP contribution < -0.4 is 10.1 Å². The van der Waals surface area contributed by atoms with Crippen molar-refractivity contribution < 1.29 is 9.53 Å². The van der Waals surface area contributed by atoms with Gasteiger partial charge in [-0.15, -0.1) is 11.3 Å². The Morgan fingerprint density at radius 1 is 1.55 bits per heavy atom. The number of halogens is 1. The van der Waals surface area contributed by atoms with Crippen LogP contribution in [0.1, 0.15) is 28.4 Å². The van der Waals surface area contributed by atoms with Crippen LogP contribution in [0.4, 0.5) is 0 Å². The molecule has 3 rings (SSSR count). The van der Waals surface area contributed by atoms with E-state index < -0.39 is 0 Å². The average molecular weight is 337 g/mol. The highest BCUT2D eigenvalue weighted by molar-refractivity contribution is 7.11. The fourth-order valence-electron chi connectivity index (χ4n) is 2.50. The maximum Gasteiger partial charge on any atom is 0.227 e. The fourth-order valence-corrected chi connectivity index (χ4v) is 3.47. The van der Waals surface area contributed by atoms with Gasteiger partial charge in [0.2, 0.25) is 5.91 Å². The number of hydrogen-bond donors (Lipinski definition) is 1. The smallest absolute Gasteiger partial charge is 0.227 e. The molecule has 1 aliphatic rings. The maximum atomic E-state index is 12.4. The van der Waals surface area contributed by atoms with Crippen LogP contribution >= 0.6 is 22.9 Å². The molecule has 4 nitrogen and oxygen atoms in total. The molecule has 1 N–H and O–H groups in total. The van der Waals surface area contributed by atoms with Gasteiger partial charge in [0, 0.05) is 16.1 Å². The minimum Gasteiger partial charge on any atom is -0.492 e. The van der Waals surface area contributed by atoms with Gasteiger partial charge < -0.3 is 10.1 Å². The molecule has 2 atom stereocenters. The number of aryl methyl sites for hydroxylation is 1. The molecule has 2 aromatic rings. The molecular formula is C16H17ClN2O2S. The summed E-state index contributed by atoms with van der Waals surface area (Å²) in [6.07, 6.45) is 2.47. The Morgan fingerprint density at radius 3 is 3.09 bits per heavy atom. The fraction of sp³-hybridized carbons (Fsp3) is 0.375. The van der Waals surface area contributed by atoms with Crippen molar-refractivity contribution in [1.82, 2.24) is 10.3 Å². The number of carbonyl (C=O) groups excluding carboxylic acids is 1. The molecule has 0 bridgehead atoms. The van der Waals surface area contributed by atoms with Gasteiger partial charge in [0.25, 0.3) is 0 Å². The summed E-state index contributed by atoms with van der Waals surface area (Å²) in [6, 6.07) is 5.43. The summed E-state index contributed by atoms with van der Waals surface area (Å²) in [5.41, 5.74) is 0.983. The molecule has 0 spiro atoms. The van der Waals surface area contributed by atoms with E-state index >= 15 is 0 Å². The molecule has 0 fully saturated rings. The summed E-state index contributed by atoms with van der Waals surface area (Å²) in [4.78, 5) is 17.9. The van der Waals surface area contributed by atoms with Crippen LogP contribution in [-0.4, -0.2) is 17.5 Å². The van der Waals surface area contributed by atoms with Crippen molar-refractivity contribution in [3.63, 3.8) is 0 Å². The lowest BCUT2D eigenvalue weighted by molar-refractivity contribution is -0.126. The largest absolute Gasteiger partial charge is 0.492 e. The molecular weight excluding hydrogens is 320 g/mol. The van der Waals surface area contributed by atoms with Crippen molar-refractivity contribution in [2.45, 2.75) is 26.3 Å². The first-order chi connectivity index (χ1) is 10.5. The van der Waals surface area contributed by atoms with E-state index in [1.54, 1.807) is 17.4 Å². The van der Waals surface area contributed by atoms with Crippen molar-refractivity contribution in [3.8, 4) is 5.75 Å². The van der Waals surface area contributed by atoms with E-state index in [2.05, 4.69) is 10.3 Å². The van der Waals surface area contributed by atoms with Gasteiger partial charge in [-0.05, 0) is 44.0 Å². The summed E-state index contributed by atoms with van der Waals surface area (Å²) < 4.78 is 5.67. The van der Waals surface area contributed by atoms with E-state index in [1.807, 2.05) is 32.2 Å². The van der Waals surface area contributed by atoms with Crippen LogP contribution in [0.25, 0.3) is 0 Å². The van der Waals surface area contributed by atoms with Crippen LogP contribution in [0.5, 0.6) is 5.75 Å². The quantitative estimate of drug-likeness (QED) is 0.932. The Kier molecular flexibility index (Phi) is 4.36. The zero-order valence-electron chi connectivity index (χ0n) is 12.4. The van der Waals surface area contributed by atoms with Gasteiger partial charge in [0.05, 0.1) is 12.0 Å². The van der Waals surface area contributed by atoms with Crippen LogP contribution in [0.15, 0.2) is 24.4 Å². The molecule has 2 heterocycles. The number of carbonyl (C=O) groups is 1. The number of ether oxygens (including phenoxy) is 1.